The Bertz CT molecular complexity index is 1290. The molecule has 284 valence electrons. The van der Waals surface area contributed by atoms with E-state index in [1.165, 1.54) is 5.56 Å². The lowest BCUT2D eigenvalue weighted by Crippen LogP contribution is -2.49. The molecule has 0 amide bonds. The molecule has 2 fully saturated rings. The Morgan fingerprint density at radius 3 is 2.08 bits per heavy atom. The summed E-state index contributed by atoms with van der Waals surface area (Å²) in [5.41, 5.74) is 3.24. The molecular formula is C41H60O10. The van der Waals surface area contributed by atoms with Gasteiger partial charge in [0.1, 0.15) is 12.5 Å². The second-order valence-electron chi connectivity index (χ2n) is 14.2. The van der Waals surface area contributed by atoms with E-state index in [1.807, 2.05) is 42.5 Å². The second kappa shape index (κ2) is 21.3. The van der Waals surface area contributed by atoms with E-state index < -0.39 is 0 Å². The summed E-state index contributed by atoms with van der Waals surface area (Å²) in [6, 6.07) is 16.2. The molecule has 0 N–H and O–H groups in total. The summed E-state index contributed by atoms with van der Waals surface area (Å²) in [5, 5.41) is 0. The van der Waals surface area contributed by atoms with E-state index >= 15 is 0 Å². The molecule has 0 aliphatic heterocycles. The summed E-state index contributed by atoms with van der Waals surface area (Å²) in [5.74, 6) is 2.05. The molecule has 2 aromatic rings. The van der Waals surface area contributed by atoms with Crippen molar-refractivity contribution in [3.05, 3.63) is 65.2 Å². The molecule has 2 aromatic carbocycles. The number of ether oxygens (including phenoxy) is 9. The van der Waals surface area contributed by atoms with Crippen molar-refractivity contribution in [1.82, 2.24) is 0 Å². The molecule has 10 nitrogen and oxygen atoms in total. The molecule has 5 rings (SSSR count). The third kappa shape index (κ3) is 11.1. The number of carbonyl (C=O) groups is 1. The van der Waals surface area contributed by atoms with Gasteiger partial charge in [0, 0.05) is 32.3 Å². The zero-order valence-electron chi connectivity index (χ0n) is 31.0. The van der Waals surface area contributed by atoms with Crippen molar-refractivity contribution in [1.29, 1.82) is 0 Å². The van der Waals surface area contributed by atoms with Crippen molar-refractivity contribution >= 4 is 5.78 Å². The van der Waals surface area contributed by atoms with Crippen molar-refractivity contribution in [2.45, 2.75) is 70.5 Å². The van der Waals surface area contributed by atoms with Crippen LogP contribution in [-0.2, 0) is 44.5 Å². The Kier molecular flexibility index (Phi) is 16.6. The number of benzene rings is 2. The van der Waals surface area contributed by atoms with Crippen LogP contribution in [0.4, 0.5) is 0 Å². The summed E-state index contributed by atoms with van der Waals surface area (Å²) >= 11 is 0. The fourth-order valence-electron chi connectivity index (χ4n) is 8.69. The second-order valence-corrected chi connectivity index (χ2v) is 14.2. The van der Waals surface area contributed by atoms with Gasteiger partial charge in [-0.25, -0.2) is 0 Å². The number of Topliss-reactive ketones (excluding diaryl/α,β-unsaturated/α-hetero) is 1. The van der Waals surface area contributed by atoms with Crippen LogP contribution in [0.2, 0.25) is 0 Å². The topological polar surface area (TPSA) is 100 Å². The molecule has 6 atom stereocenters. The lowest BCUT2D eigenvalue weighted by atomic mass is 9.51. The fraction of sp³-hybridized carbons (Fsp3) is 0.683. The minimum Gasteiger partial charge on any atom is -0.468 e. The zero-order valence-corrected chi connectivity index (χ0v) is 31.0. The first-order valence-electron chi connectivity index (χ1n) is 18.9. The highest BCUT2D eigenvalue weighted by atomic mass is 16.7. The van der Waals surface area contributed by atoms with Crippen LogP contribution in [0, 0.1) is 23.2 Å². The smallest absolute Gasteiger partial charge is 0.188 e. The maximum Gasteiger partial charge on any atom is 0.188 e. The first kappa shape index (κ1) is 39.8. The predicted octanol–water partition coefficient (Wildman–Crippen LogP) is 6.83. The van der Waals surface area contributed by atoms with Crippen LogP contribution in [0.15, 0.2) is 48.5 Å². The van der Waals surface area contributed by atoms with E-state index in [9.17, 15) is 4.79 Å². The number of carbonyl (C=O) groups excluding carboxylic acids is 1. The summed E-state index contributed by atoms with van der Waals surface area (Å²) < 4.78 is 50.7. The summed E-state index contributed by atoms with van der Waals surface area (Å²) in [4.78, 5) is 14.3. The van der Waals surface area contributed by atoms with Gasteiger partial charge in [-0.2, -0.15) is 0 Å². The standard InChI is InChI=1S/C41H60O10/c1-41-17-16-34-33-13-12-32(50-29-43-2)27-36(33)40(42)35(39(34)37(41)14-15-38(41)51-30-44-3)11-7-8-18-45-19-20-46-21-22-47-23-24-48-25-26-49-28-31-9-5-4-6-10-31/h4-6,9-10,12-13,27,34-35,37-39H,7-8,11,14-26,28-30H2,1-3H3. The average molecular weight is 713 g/mol. The van der Waals surface area contributed by atoms with Crippen LogP contribution in [0.1, 0.15) is 79.3 Å². The van der Waals surface area contributed by atoms with Crippen molar-refractivity contribution in [3.63, 3.8) is 0 Å². The number of hydrogen-bond acceptors (Lipinski definition) is 10. The van der Waals surface area contributed by atoms with Gasteiger partial charge in [-0.15, -0.1) is 0 Å². The van der Waals surface area contributed by atoms with Crippen LogP contribution in [-0.4, -0.2) is 99.2 Å². The van der Waals surface area contributed by atoms with Gasteiger partial charge in [0.05, 0.1) is 65.6 Å². The minimum atomic E-state index is -0.0207. The van der Waals surface area contributed by atoms with E-state index in [-0.39, 0.29) is 30.0 Å². The van der Waals surface area contributed by atoms with Crippen molar-refractivity contribution in [3.8, 4) is 5.75 Å². The van der Waals surface area contributed by atoms with Gasteiger partial charge in [-0.3, -0.25) is 4.79 Å². The average Bonchev–Trinajstić information content (AvgIpc) is 3.49. The molecule has 0 radical (unpaired) electrons. The number of fused-ring (bicyclic) bond motifs is 5. The van der Waals surface area contributed by atoms with E-state index in [0.29, 0.717) is 96.4 Å². The van der Waals surface area contributed by atoms with Crippen LogP contribution in [0.25, 0.3) is 0 Å². The number of hydrogen-bond donors (Lipinski definition) is 0. The molecule has 3 aliphatic carbocycles. The molecule has 0 aromatic heterocycles. The Morgan fingerprint density at radius 1 is 0.725 bits per heavy atom. The van der Waals surface area contributed by atoms with E-state index in [2.05, 4.69) is 13.0 Å². The third-order valence-electron chi connectivity index (χ3n) is 11.1. The Hall–Kier alpha value is -2.41. The van der Waals surface area contributed by atoms with E-state index in [4.69, 9.17) is 42.6 Å². The minimum absolute atomic E-state index is 0.0207. The quantitative estimate of drug-likeness (QED) is 0.0805. The summed E-state index contributed by atoms with van der Waals surface area (Å²) in [7, 11) is 3.29. The molecule has 51 heavy (non-hydrogen) atoms. The number of methoxy groups -OCH3 is 2. The molecule has 3 aliphatic rings. The lowest BCUT2D eigenvalue weighted by molar-refractivity contribution is -0.127. The molecule has 0 saturated heterocycles. The van der Waals surface area contributed by atoms with Gasteiger partial charge in [-0.05, 0) is 85.0 Å². The largest absolute Gasteiger partial charge is 0.468 e. The molecule has 6 unspecified atom stereocenters. The molecule has 10 heteroatoms. The molecule has 2 saturated carbocycles. The number of unbranched alkanes of at least 4 members (excludes halogenated alkanes) is 1. The fourth-order valence-corrected chi connectivity index (χ4v) is 8.69. The highest BCUT2D eigenvalue weighted by Crippen LogP contribution is 2.63. The van der Waals surface area contributed by atoms with Crippen LogP contribution in [0.3, 0.4) is 0 Å². The first-order valence-corrected chi connectivity index (χ1v) is 18.9. The number of rotatable bonds is 25. The highest BCUT2D eigenvalue weighted by molar-refractivity contribution is 6.01. The van der Waals surface area contributed by atoms with Gasteiger partial charge in [-0.1, -0.05) is 49.7 Å². The van der Waals surface area contributed by atoms with E-state index in [0.717, 1.165) is 56.1 Å². The van der Waals surface area contributed by atoms with Crippen molar-refractivity contribution in [2.75, 3.05) is 87.3 Å². The van der Waals surface area contributed by atoms with Crippen LogP contribution in [0.5, 0.6) is 5.75 Å². The van der Waals surface area contributed by atoms with Gasteiger partial charge < -0.3 is 42.6 Å². The van der Waals surface area contributed by atoms with Crippen molar-refractivity contribution in [2.24, 2.45) is 23.2 Å². The zero-order chi connectivity index (χ0) is 35.7. The van der Waals surface area contributed by atoms with Gasteiger partial charge in [0.15, 0.2) is 12.6 Å². The predicted molar refractivity (Wildman–Crippen MR) is 193 cm³/mol. The highest BCUT2D eigenvalue weighted by Gasteiger charge is 2.58. The van der Waals surface area contributed by atoms with Crippen LogP contribution >= 0.6 is 0 Å². The first-order chi connectivity index (χ1) is 25.1. The van der Waals surface area contributed by atoms with Gasteiger partial charge in [0.25, 0.3) is 0 Å². The number of ketones is 1. The third-order valence-corrected chi connectivity index (χ3v) is 11.1. The van der Waals surface area contributed by atoms with E-state index in [1.54, 1.807) is 14.2 Å². The lowest BCUT2D eigenvalue weighted by Gasteiger charge is -2.53. The van der Waals surface area contributed by atoms with Gasteiger partial charge in [0.2, 0.25) is 0 Å². The SMILES string of the molecule is COCOc1ccc2c(c1)C(=O)C(CCCCOCCOCCOCCOCCOCc1ccccc1)C1C2CCC2(C)C(OCOC)CCC12. The normalized spacial score (nSPS) is 25.4. The molecular weight excluding hydrogens is 652 g/mol. The Labute approximate surface area is 304 Å². The summed E-state index contributed by atoms with van der Waals surface area (Å²) in [6.45, 7) is 8.40. The maximum atomic E-state index is 14.3. The summed E-state index contributed by atoms with van der Waals surface area (Å²) in [6.07, 6.45) is 7.15. The molecule has 0 bridgehead atoms. The maximum absolute atomic E-state index is 14.3. The Balaban J connectivity index is 0.980. The van der Waals surface area contributed by atoms with Crippen molar-refractivity contribution < 1.29 is 47.4 Å². The van der Waals surface area contributed by atoms with Gasteiger partial charge >= 0.3 is 0 Å². The Morgan fingerprint density at radius 2 is 1.39 bits per heavy atom. The molecule has 0 heterocycles. The monoisotopic (exact) mass is 712 g/mol. The molecule has 0 spiro atoms. The van der Waals surface area contributed by atoms with Crippen LogP contribution < -0.4 is 4.74 Å².